The standard InChI is InChI=1S/C8H15N3S/c1-11(2)8-4-3-7(12-8)6(10)5-9/h3-4,6H,5,9-10H2,1-2H3. The third kappa shape index (κ3) is 1.97. The van der Waals surface area contributed by atoms with Gasteiger partial charge in [0.2, 0.25) is 0 Å². The van der Waals surface area contributed by atoms with E-state index in [0.717, 1.165) is 4.88 Å². The fourth-order valence-corrected chi connectivity index (χ4v) is 1.84. The zero-order valence-corrected chi connectivity index (χ0v) is 8.27. The van der Waals surface area contributed by atoms with Crippen molar-refractivity contribution in [2.24, 2.45) is 11.5 Å². The molecule has 1 heterocycles. The lowest BCUT2D eigenvalue weighted by molar-refractivity contribution is 0.752. The number of rotatable bonds is 3. The molecule has 0 aliphatic carbocycles. The molecule has 1 atom stereocenters. The van der Waals surface area contributed by atoms with E-state index in [-0.39, 0.29) is 6.04 Å². The summed E-state index contributed by atoms with van der Waals surface area (Å²) >= 11 is 1.69. The van der Waals surface area contributed by atoms with Crippen molar-refractivity contribution >= 4 is 16.3 Å². The van der Waals surface area contributed by atoms with Gasteiger partial charge in [0.1, 0.15) is 0 Å². The average molecular weight is 185 g/mol. The molecule has 4 heteroatoms. The Morgan fingerprint density at radius 2 is 2.17 bits per heavy atom. The highest BCUT2D eigenvalue weighted by atomic mass is 32.1. The van der Waals surface area contributed by atoms with Crippen molar-refractivity contribution in [3.8, 4) is 0 Å². The van der Waals surface area contributed by atoms with Gasteiger partial charge in [-0.05, 0) is 12.1 Å². The molecule has 0 fully saturated rings. The topological polar surface area (TPSA) is 55.3 Å². The van der Waals surface area contributed by atoms with E-state index >= 15 is 0 Å². The van der Waals surface area contributed by atoms with E-state index < -0.39 is 0 Å². The van der Waals surface area contributed by atoms with Gasteiger partial charge in [0.15, 0.2) is 0 Å². The first-order valence-corrected chi connectivity index (χ1v) is 4.69. The van der Waals surface area contributed by atoms with Crippen LogP contribution in [0.1, 0.15) is 10.9 Å². The summed E-state index contributed by atoms with van der Waals surface area (Å²) in [5, 5.41) is 1.22. The van der Waals surface area contributed by atoms with E-state index in [2.05, 4.69) is 11.0 Å². The summed E-state index contributed by atoms with van der Waals surface area (Å²) in [6.07, 6.45) is 0. The van der Waals surface area contributed by atoms with Gasteiger partial charge in [-0.3, -0.25) is 0 Å². The summed E-state index contributed by atoms with van der Waals surface area (Å²) < 4.78 is 0. The summed E-state index contributed by atoms with van der Waals surface area (Å²) in [6.45, 7) is 0.507. The summed E-state index contributed by atoms with van der Waals surface area (Å²) in [7, 11) is 4.03. The van der Waals surface area contributed by atoms with Crippen LogP contribution >= 0.6 is 11.3 Å². The SMILES string of the molecule is CN(C)c1ccc(C(N)CN)s1. The smallest absolute Gasteiger partial charge is 0.0906 e. The van der Waals surface area contributed by atoms with Crippen LogP contribution in [0, 0.1) is 0 Å². The van der Waals surface area contributed by atoms with Crippen LogP contribution in [0.5, 0.6) is 0 Å². The van der Waals surface area contributed by atoms with Crippen molar-refractivity contribution in [2.45, 2.75) is 6.04 Å². The van der Waals surface area contributed by atoms with Gasteiger partial charge >= 0.3 is 0 Å². The second-order valence-corrected chi connectivity index (χ2v) is 4.01. The van der Waals surface area contributed by atoms with Crippen LogP contribution in [0.25, 0.3) is 0 Å². The molecule has 0 saturated heterocycles. The average Bonchev–Trinajstić information content (AvgIpc) is 2.51. The molecule has 0 aliphatic rings. The molecule has 0 amide bonds. The fourth-order valence-electron chi connectivity index (χ4n) is 0.898. The summed E-state index contributed by atoms with van der Waals surface area (Å²) in [4.78, 5) is 3.22. The Balaban J connectivity index is 2.77. The van der Waals surface area contributed by atoms with Crippen LogP contribution in [0.3, 0.4) is 0 Å². The lowest BCUT2D eigenvalue weighted by atomic mass is 10.2. The van der Waals surface area contributed by atoms with E-state index in [1.54, 1.807) is 11.3 Å². The quantitative estimate of drug-likeness (QED) is 0.731. The lowest BCUT2D eigenvalue weighted by Gasteiger charge is -2.08. The molecule has 0 saturated carbocycles. The highest BCUT2D eigenvalue weighted by Crippen LogP contribution is 2.27. The molecule has 0 radical (unpaired) electrons. The van der Waals surface area contributed by atoms with Gasteiger partial charge in [-0.1, -0.05) is 0 Å². The first kappa shape index (κ1) is 9.51. The minimum Gasteiger partial charge on any atom is -0.370 e. The molecular formula is C8H15N3S. The molecule has 1 unspecified atom stereocenters. The van der Waals surface area contributed by atoms with Crippen molar-refractivity contribution < 1.29 is 0 Å². The normalized spacial score (nSPS) is 13.0. The fraction of sp³-hybridized carbons (Fsp3) is 0.500. The number of anilines is 1. The Morgan fingerprint density at radius 3 is 2.58 bits per heavy atom. The second-order valence-electron chi connectivity index (χ2n) is 2.91. The van der Waals surface area contributed by atoms with Crippen molar-refractivity contribution in [3.05, 3.63) is 17.0 Å². The van der Waals surface area contributed by atoms with Gasteiger partial charge < -0.3 is 16.4 Å². The Bertz CT molecular complexity index is 244. The number of thiophene rings is 1. The van der Waals surface area contributed by atoms with Crippen LogP contribution < -0.4 is 16.4 Å². The minimum atomic E-state index is -0.0105. The number of hydrogen-bond donors (Lipinski definition) is 2. The minimum absolute atomic E-state index is 0.0105. The summed E-state index contributed by atoms with van der Waals surface area (Å²) in [5.41, 5.74) is 11.2. The first-order chi connectivity index (χ1) is 5.65. The highest BCUT2D eigenvalue weighted by Gasteiger charge is 2.07. The van der Waals surface area contributed by atoms with Crippen molar-refractivity contribution in [2.75, 3.05) is 25.5 Å². The zero-order chi connectivity index (χ0) is 9.14. The van der Waals surface area contributed by atoms with Crippen LogP contribution in [0.2, 0.25) is 0 Å². The second kappa shape index (κ2) is 3.89. The molecule has 3 nitrogen and oxygen atoms in total. The van der Waals surface area contributed by atoms with E-state index in [1.807, 2.05) is 20.2 Å². The molecule has 0 aliphatic heterocycles. The lowest BCUT2D eigenvalue weighted by Crippen LogP contribution is -2.19. The number of nitrogens with zero attached hydrogens (tertiary/aromatic N) is 1. The van der Waals surface area contributed by atoms with E-state index in [4.69, 9.17) is 11.5 Å². The molecule has 0 spiro atoms. The number of hydrogen-bond acceptors (Lipinski definition) is 4. The molecule has 12 heavy (non-hydrogen) atoms. The van der Waals surface area contributed by atoms with Crippen molar-refractivity contribution in [1.29, 1.82) is 0 Å². The molecule has 68 valence electrons. The van der Waals surface area contributed by atoms with Crippen molar-refractivity contribution in [3.63, 3.8) is 0 Å². The Morgan fingerprint density at radius 1 is 1.50 bits per heavy atom. The predicted molar refractivity (Wildman–Crippen MR) is 54.6 cm³/mol. The maximum atomic E-state index is 5.77. The van der Waals surface area contributed by atoms with Gasteiger partial charge in [-0.15, -0.1) is 11.3 Å². The third-order valence-electron chi connectivity index (χ3n) is 1.67. The predicted octanol–water partition coefficient (Wildman–Crippen LogP) is 0.773. The maximum Gasteiger partial charge on any atom is 0.0906 e. The Labute approximate surface area is 77.0 Å². The van der Waals surface area contributed by atoms with Gasteiger partial charge in [0.25, 0.3) is 0 Å². The number of nitrogens with two attached hydrogens (primary N) is 2. The molecule has 4 N–H and O–H groups in total. The van der Waals surface area contributed by atoms with Gasteiger partial charge in [-0.2, -0.15) is 0 Å². The molecule has 0 aromatic carbocycles. The van der Waals surface area contributed by atoms with Crippen LogP contribution in [-0.4, -0.2) is 20.6 Å². The molecule has 1 aromatic heterocycles. The first-order valence-electron chi connectivity index (χ1n) is 3.88. The van der Waals surface area contributed by atoms with E-state index in [1.165, 1.54) is 5.00 Å². The third-order valence-corrected chi connectivity index (χ3v) is 3.06. The van der Waals surface area contributed by atoms with E-state index in [0.29, 0.717) is 6.54 Å². The monoisotopic (exact) mass is 185 g/mol. The van der Waals surface area contributed by atoms with E-state index in [9.17, 15) is 0 Å². The largest absolute Gasteiger partial charge is 0.370 e. The molecular weight excluding hydrogens is 170 g/mol. The molecule has 0 bridgehead atoms. The van der Waals surface area contributed by atoms with Gasteiger partial charge in [-0.25, -0.2) is 0 Å². The maximum absolute atomic E-state index is 5.77. The Hall–Kier alpha value is -0.580. The van der Waals surface area contributed by atoms with Crippen LogP contribution in [-0.2, 0) is 0 Å². The zero-order valence-electron chi connectivity index (χ0n) is 7.45. The summed E-state index contributed by atoms with van der Waals surface area (Å²) in [5.74, 6) is 0. The molecule has 1 rings (SSSR count). The van der Waals surface area contributed by atoms with Gasteiger partial charge in [0.05, 0.1) is 11.0 Å². The Kier molecular flexibility index (Phi) is 3.08. The van der Waals surface area contributed by atoms with Gasteiger partial charge in [0, 0.05) is 25.5 Å². The van der Waals surface area contributed by atoms with Crippen LogP contribution in [0.4, 0.5) is 5.00 Å². The van der Waals surface area contributed by atoms with Crippen LogP contribution in [0.15, 0.2) is 12.1 Å². The highest BCUT2D eigenvalue weighted by molar-refractivity contribution is 7.16. The molecule has 1 aromatic rings. The van der Waals surface area contributed by atoms with Crippen molar-refractivity contribution in [1.82, 2.24) is 0 Å². The summed E-state index contributed by atoms with van der Waals surface area (Å²) in [6, 6.07) is 4.09.